The predicted octanol–water partition coefficient (Wildman–Crippen LogP) is 2.87. The minimum atomic E-state index is 0.151. The summed E-state index contributed by atoms with van der Waals surface area (Å²) in [5.74, 6) is 0.965. The molecule has 0 unspecified atom stereocenters. The number of benzene rings is 1. The predicted molar refractivity (Wildman–Crippen MR) is 65.9 cm³/mol. The molecule has 1 aromatic heterocycles. The molecule has 16 heavy (non-hydrogen) atoms. The Hall–Kier alpha value is -1.90. The van der Waals surface area contributed by atoms with Crippen LogP contribution in [0, 0.1) is 0 Å². The molecule has 0 saturated carbocycles. The summed E-state index contributed by atoms with van der Waals surface area (Å²) in [6, 6.07) is 9.56. The number of hydrogen-bond acceptors (Lipinski definition) is 3. The molecule has 0 spiro atoms. The third-order valence-electron chi connectivity index (χ3n) is 2.59. The minimum absolute atomic E-state index is 0.151. The number of nitrogens with zero attached hydrogens (tertiary/aromatic N) is 1. The average Bonchev–Trinajstić information content (AvgIpc) is 2.36. The summed E-state index contributed by atoms with van der Waals surface area (Å²) in [6.45, 7) is 1.87. The summed E-state index contributed by atoms with van der Waals surface area (Å²) in [5, 5.41) is 4.03. The van der Waals surface area contributed by atoms with Crippen LogP contribution in [-0.2, 0) is 0 Å². The molecule has 1 N–H and O–H groups in total. The number of rotatable bonds is 3. The highest BCUT2D eigenvalue weighted by Crippen LogP contribution is 2.17. The van der Waals surface area contributed by atoms with Crippen molar-refractivity contribution in [2.75, 3.05) is 12.4 Å². The van der Waals surface area contributed by atoms with Crippen LogP contribution in [0.3, 0.4) is 0 Å². The van der Waals surface area contributed by atoms with Gasteiger partial charge in [-0.2, -0.15) is 0 Å². The van der Waals surface area contributed by atoms with E-state index in [9.17, 15) is 4.79 Å². The Morgan fingerprint density at radius 3 is 2.75 bits per heavy atom. The van der Waals surface area contributed by atoms with Crippen molar-refractivity contribution in [2.45, 2.75) is 13.3 Å². The fourth-order valence-corrected chi connectivity index (χ4v) is 1.63. The maximum absolute atomic E-state index is 11.6. The van der Waals surface area contributed by atoms with Crippen LogP contribution in [-0.4, -0.2) is 17.8 Å². The van der Waals surface area contributed by atoms with Gasteiger partial charge in [0.1, 0.15) is 5.82 Å². The SMILES string of the molecule is CCC(=O)c1ccc2ccc(NC)nc2c1. The molecular formula is C13H14N2O. The fraction of sp³-hybridized carbons (Fsp3) is 0.231. The third kappa shape index (κ3) is 1.89. The van der Waals surface area contributed by atoms with Crippen molar-refractivity contribution in [1.82, 2.24) is 4.98 Å². The zero-order valence-corrected chi connectivity index (χ0v) is 9.45. The first-order valence-corrected chi connectivity index (χ1v) is 5.36. The summed E-state index contributed by atoms with van der Waals surface area (Å²) in [4.78, 5) is 16.0. The lowest BCUT2D eigenvalue weighted by atomic mass is 10.1. The second-order valence-electron chi connectivity index (χ2n) is 3.63. The molecule has 0 fully saturated rings. The van der Waals surface area contributed by atoms with Gasteiger partial charge in [0.25, 0.3) is 0 Å². The van der Waals surface area contributed by atoms with E-state index in [2.05, 4.69) is 10.3 Å². The lowest BCUT2D eigenvalue weighted by molar-refractivity contribution is 0.0988. The number of aromatic nitrogens is 1. The lowest BCUT2D eigenvalue weighted by Gasteiger charge is -2.03. The van der Waals surface area contributed by atoms with Crippen LogP contribution in [0.1, 0.15) is 23.7 Å². The van der Waals surface area contributed by atoms with Crippen molar-refractivity contribution in [3.63, 3.8) is 0 Å². The molecule has 0 amide bonds. The van der Waals surface area contributed by atoms with E-state index in [1.54, 1.807) is 0 Å². The van der Waals surface area contributed by atoms with Crippen LogP contribution in [0.5, 0.6) is 0 Å². The molecule has 0 aliphatic heterocycles. The first-order chi connectivity index (χ1) is 7.74. The van der Waals surface area contributed by atoms with E-state index in [-0.39, 0.29) is 5.78 Å². The van der Waals surface area contributed by atoms with Crippen LogP contribution in [0.15, 0.2) is 30.3 Å². The second-order valence-corrected chi connectivity index (χ2v) is 3.63. The summed E-state index contributed by atoms with van der Waals surface area (Å²) in [5.41, 5.74) is 1.59. The molecule has 0 bridgehead atoms. The number of anilines is 1. The lowest BCUT2D eigenvalue weighted by Crippen LogP contribution is -1.97. The Bertz CT molecular complexity index is 534. The molecule has 0 aliphatic rings. The molecule has 0 radical (unpaired) electrons. The quantitative estimate of drug-likeness (QED) is 0.799. The summed E-state index contributed by atoms with van der Waals surface area (Å²) in [6.07, 6.45) is 0.525. The van der Waals surface area contributed by atoms with E-state index in [1.807, 2.05) is 44.3 Å². The van der Waals surface area contributed by atoms with Gasteiger partial charge in [-0.3, -0.25) is 4.79 Å². The Balaban J connectivity index is 2.54. The Morgan fingerprint density at radius 1 is 1.31 bits per heavy atom. The number of carbonyl (C=O) groups is 1. The molecule has 3 nitrogen and oxygen atoms in total. The van der Waals surface area contributed by atoms with Crippen LogP contribution >= 0.6 is 0 Å². The first kappa shape index (κ1) is 10.6. The van der Waals surface area contributed by atoms with Crippen LogP contribution < -0.4 is 5.32 Å². The Kier molecular flexibility index (Phi) is 2.86. The van der Waals surface area contributed by atoms with Gasteiger partial charge in [-0.25, -0.2) is 4.98 Å². The van der Waals surface area contributed by atoms with Gasteiger partial charge in [0.2, 0.25) is 0 Å². The van der Waals surface area contributed by atoms with Crippen LogP contribution in [0.4, 0.5) is 5.82 Å². The standard InChI is InChI=1S/C13H14N2O/c1-3-12(16)10-5-4-9-6-7-13(14-2)15-11(9)8-10/h4-8H,3H2,1-2H3,(H,14,15). The monoisotopic (exact) mass is 214 g/mol. The van der Waals surface area contributed by atoms with Gasteiger partial charge < -0.3 is 5.32 Å². The number of fused-ring (bicyclic) bond motifs is 1. The Labute approximate surface area is 94.5 Å². The summed E-state index contributed by atoms with van der Waals surface area (Å²) < 4.78 is 0. The molecule has 0 aliphatic carbocycles. The maximum atomic E-state index is 11.6. The fourth-order valence-electron chi connectivity index (χ4n) is 1.63. The van der Waals surface area contributed by atoms with Gasteiger partial charge in [0, 0.05) is 24.4 Å². The molecule has 0 atom stereocenters. The van der Waals surface area contributed by atoms with E-state index in [4.69, 9.17) is 0 Å². The minimum Gasteiger partial charge on any atom is -0.373 e. The number of Topliss-reactive ketones (excluding diaryl/α,β-unsaturated/α-hetero) is 1. The van der Waals surface area contributed by atoms with Gasteiger partial charge in [-0.05, 0) is 18.2 Å². The number of nitrogens with one attached hydrogen (secondary N) is 1. The van der Waals surface area contributed by atoms with E-state index in [0.717, 1.165) is 22.3 Å². The van der Waals surface area contributed by atoms with Crippen LogP contribution in [0.25, 0.3) is 10.9 Å². The highest BCUT2D eigenvalue weighted by atomic mass is 16.1. The Morgan fingerprint density at radius 2 is 2.06 bits per heavy atom. The van der Waals surface area contributed by atoms with E-state index >= 15 is 0 Å². The largest absolute Gasteiger partial charge is 0.373 e. The van der Waals surface area contributed by atoms with Crippen molar-refractivity contribution in [3.05, 3.63) is 35.9 Å². The van der Waals surface area contributed by atoms with Gasteiger partial charge in [-0.1, -0.05) is 19.1 Å². The highest BCUT2D eigenvalue weighted by Gasteiger charge is 2.04. The zero-order valence-electron chi connectivity index (χ0n) is 9.45. The highest BCUT2D eigenvalue weighted by molar-refractivity contribution is 5.99. The molecule has 1 aromatic carbocycles. The molecule has 2 rings (SSSR count). The number of hydrogen-bond donors (Lipinski definition) is 1. The molecule has 1 heterocycles. The van der Waals surface area contributed by atoms with Crippen molar-refractivity contribution >= 4 is 22.5 Å². The third-order valence-corrected chi connectivity index (χ3v) is 2.59. The molecule has 82 valence electrons. The van der Waals surface area contributed by atoms with E-state index in [1.165, 1.54) is 0 Å². The maximum Gasteiger partial charge on any atom is 0.162 e. The van der Waals surface area contributed by atoms with Crippen molar-refractivity contribution in [3.8, 4) is 0 Å². The van der Waals surface area contributed by atoms with E-state index in [0.29, 0.717) is 6.42 Å². The number of pyridine rings is 1. The average molecular weight is 214 g/mol. The number of ketones is 1. The first-order valence-electron chi connectivity index (χ1n) is 5.36. The van der Waals surface area contributed by atoms with Crippen molar-refractivity contribution in [2.24, 2.45) is 0 Å². The molecule has 3 heteroatoms. The smallest absolute Gasteiger partial charge is 0.162 e. The summed E-state index contributed by atoms with van der Waals surface area (Å²) >= 11 is 0. The normalized spacial score (nSPS) is 10.4. The summed E-state index contributed by atoms with van der Waals surface area (Å²) in [7, 11) is 1.83. The molecule has 0 saturated heterocycles. The zero-order chi connectivity index (χ0) is 11.5. The van der Waals surface area contributed by atoms with Gasteiger partial charge in [0.15, 0.2) is 5.78 Å². The molecule has 2 aromatic rings. The van der Waals surface area contributed by atoms with Gasteiger partial charge in [-0.15, -0.1) is 0 Å². The topological polar surface area (TPSA) is 42.0 Å². The van der Waals surface area contributed by atoms with Crippen molar-refractivity contribution < 1.29 is 4.79 Å². The van der Waals surface area contributed by atoms with Gasteiger partial charge >= 0.3 is 0 Å². The van der Waals surface area contributed by atoms with Gasteiger partial charge in [0.05, 0.1) is 5.52 Å². The number of carbonyl (C=O) groups excluding carboxylic acids is 1. The second kappa shape index (κ2) is 4.31. The molecular weight excluding hydrogens is 200 g/mol. The van der Waals surface area contributed by atoms with Crippen molar-refractivity contribution in [1.29, 1.82) is 0 Å². The van der Waals surface area contributed by atoms with Crippen LogP contribution in [0.2, 0.25) is 0 Å². The van der Waals surface area contributed by atoms with E-state index < -0.39 is 0 Å².